The van der Waals surface area contributed by atoms with Crippen LogP contribution in [0.4, 0.5) is 36.3 Å². The molecule has 0 saturated carbocycles. The summed E-state index contributed by atoms with van der Waals surface area (Å²) in [7, 11) is 0. The van der Waals surface area contributed by atoms with Crippen LogP contribution in [0.2, 0.25) is 0 Å². The number of piperidine rings is 1. The van der Waals surface area contributed by atoms with E-state index < -0.39 is 17.8 Å². The van der Waals surface area contributed by atoms with Crippen molar-refractivity contribution in [2.45, 2.75) is 50.6 Å². The van der Waals surface area contributed by atoms with Gasteiger partial charge in [0.2, 0.25) is 5.95 Å². The van der Waals surface area contributed by atoms with E-state index in [0.717, 1.165) is 24.7 Å². The van der Waals surface area contributed by atoms with E-state index in [0.29, 0.717) is 31.7 Å². The van der Waals surface area contributed by atoms with Gasteiger partial charge in [-0.25, -0.2) is 4.98 Å². The molecular weight excluding hydrogens is 409 g/mol. The monoisotopic (exact) mass is 436 g/mol. The fourth-order valence-electron chi connectivity index (χ4n) is 4.31. The van der Waals surface area contributed by atoms with Crippen molar-refractivity contribution in [3.05, 3.63) is 36.0 Å². The first-order valence-corrected chi connectivity index (χ1v) is 10.5. The number of nitrogens with two attached hydrogens (primary N) is 1. The molecule has 7 nitrogen and oxygen atoms in total. The topological polar surface area (TPSA) is 90.5 Å². The van der Waals surface area contributed by atoms with Gasteiger partial charge in [-0.05, 0) is 50.5 Å². The summed E-state index contributed by atoms with van der Waals surface area (Å²) in [5, 5.41) is 12.9. The van der Waals surface area contributed by atoms with Crippen LogP contribution in [0.5, 0.6) is 0 Å². The van der Waals surface area contributed by atoms with Gasteiger partial charge >= 0.3 is 6.18 Å². The second kappa shape index (κ2) is 8.51. The molecule has 1 aromatic heterocycles. The van der Waals surface area contributed by atoms with Crippen molar-refractivity contribution in [3.8, 4) is 0 Å². The Kier molecular flexibility index (Phi) is 5.94. The third kappa shape index (κ3) is 4.85. The molecular formula is C21H27F3N6O. The summed E-state index contributed by atoms with van der Waals surface area (Å²) >= 11 is 0. The molecule has 2 aliphatic heterocycles. The summed E-state index contributed by atoms with van der Waals surface area (Å²) in [6, 6.07) is 7.27. The van der Waals surface area contributed by atoms with E-state index in [4.69, 9.17) is 5.73 Å². The molecule has 3 unspecified atom stereocenters. The van der Waals surface area contributed by atoms with Gasteiger partial charge < -0.3 is 26.0 Å². The first-order chi connectivity index (χ1) is 14.7. The van der Waals surface area contributed by atoms with E-state index in [9.17, 15) is 18.3 Å². The molecule has 0 spiro atoms. The molecule has 3 heterocycles. The minimum Gasteiger partial charge on any atom is -0.391 e. The molecule has 10 heteroatoms. The minimum absolute atomic E-state index is 0.00519. The van der Waals surface area contributed by atoms with Crippen molar-refractivity contribution in [1.29, 1.82) is 0 Å². The van der Waals surface area contributed by atoms with Gasteiger partial charge in [0.25, 0.3) is 0 Å². The Labute approximate surface area is 179 Å². The Hall–Kier alpha value is -2.59. The Morgan fingerprint density at radius 2 is 1.94 bits per heavy atom. The molecule has 0 bridgehead atoms. The lowest BCUT2D eigenvalue weighted by Crippen LogP contribution is -2.49. The van der Waals surface area contributed by atoms with Crippen LogP contribution >= 0.6 is 0 Å². The molecule has 2 aromatic rings. The number of rotatable bonds is 4. The summed E-state index contributed by atoms with van der Waals surface area (Å²) in [5.41, 5.74) is 6.75. The maximum Gasteiger partial charge on any atom is 0.421 e. The first kappa shape index (κ1) is 21.6. The molecule has 2 saturated heterocycles. The van der Waals surface area contributed by atoms with Crippen LogP contribution in [0.3, 0.4) is 0 Å². The van der Waals surface area contributed by atoms with Crippen LogP contribution in [-0.4, -0.2) is 52.9 Å². The number of aliphatic hydroxyl groups is 1. The van der Waals surface area contributed by atoms with Crippen LogP contribution in [0.25, 0.3) is 0 Å². The Morgan fingerprint density at radius 3 is 2.55 bits per heavy atom. The molecule has 0 radical (unpaired) electrons. The molecule has 168 valence electrons. The molecule has 0 aliphatic carbocycles. The van der Waals surface area contributed by atoms with Crippen LogP contribution in [0.1, 0.15) is 31.7 Å². The summed E-state index contributed by atoms with van der Waals surface area (Å²) in [6.45, 7) is 3.62. The SMILES string of the molecule is CC1CCCN1c1nc(Nc2ccc(N3CC(N)CC(O)C3)cc2)ncc1C(F)(F)F. The summed E-state index contributed by atoms with van der Waals surface area (Å²) in [5.74, 6) is 0.0354. The second-order valence-electron chi connectivity index (χ2n) is 8.34. The number of aromatic nitrogens is 2. The minimum atomic E-state index is -4.52. The van der Waals surface area contributed by atoms with Crippen LogP contribution < -0.4 is 20.9 Å². The normalized spacial score (nSPS) is 24.5. The fourth-order valence-corrected chi connectivity index (χ4v) is 4.31. The molecule has 0 amide bonds. The smallest absolute Gasteiger partial charge is 0.391 e. The van der Waals surface area contributed by atoms with E-state index in [1.165, 1.54) is 0 Å². The van der Waals surface area contributed by atoms with Crippen molar-refractivity contribution in [1.82, 2.24) is 9.97 Å². The van der Waals surface area contributed by atoms with Crippen molar-refractivity contribution >= 4 is 23.1 Å². The zero-order valence-electron chi connectivity index (χ0n) is 17.3. The Balaban J connectivity index is 1.54. The largest absolute Gasteiger partial charge is 0.421 e. The van der Waals surface area contributed by atoms with Gasteiger partial charge in [0.15, 0.2) is 0 Å². The number of alkyl halides is 3. The average Bonchev–Trinajstić information content (AvgIpc) is 3.13. The van der Waals surface area contributed by atoms with Gasteiger partial charge in [0, 0.05) is 49.3 Å². The van der Waals surface area contributed by atoms with E-state index >= 15 is 0 Å². The number of benzene rings is 1. The number of hydrogen-bond donors (Lipinski definition) is 3. The summed E-state index contributed by atoms with van der Waals surface area (Å²) in [4.78, 5) is 11.8. The zero-order chi connectivity index (χ0) is 22.2. The van der Waals surface area contributed by atoms with Gasteiger partial charge in [0.05, 0.1) is 6.10 Å². The number of anilines is 4. The van der Waals surface area contributed by atoms with E-state index in [1.807, 2.05) is 24.0 Å². The molecule has 1 aromatic carbocycles. The number of nitrogens with one attached hydrogen (secondary N) is 1. The first-order valence-electron chi connectivity index (χ1n) is 10.5. The highest BCUT2D eigenvalue weighted by atomic mass is 19.4. The average molecular weight is 436 g/mol. The standard InChI is InChI=1S/C21H27F3N6O/c1-13-3-2-8-30(13)19-18(21(22,23)24)10-26-20(28-19)27-15-4-6-16(7-5-15)29-11-14(25)9-17(31)12-29/h4-7,10,13-14,17,31H,2-3,8-9,11-12,25H2,1H3,(H,26,27,28). The molecule has 2 aliphatic rings. The molecule has 3 atom stereocenters. The van der Waals surface area contributed by atoms with Crippen molar-refractivity contribution < 1.29 is 18.3 Å². The van der Waals surface area contributed by atoms with Gasteiger partial charge in [-0.15, -0.1) is 0 Å². The number of halogens is 3. The zero-order valence-corrected chi connectivity index (χ0v) is 17.3. The second-order valence-corrected chi connectivity index (χ2v) is 8.34. The fraction of sp³-hybridized carbons (Fsp3) is 0.524. The maximum atomic E-state index is 13.5. The lowest BCUT2D eigenvalue weighted by Gasteiger charge is -2.35. The third-order valence-corrected chi connectivity index (χ3v) is 5.85. The van der Waals surface area contributed by atoms with Gasteiger partial charge in [-0.2, -0.15) is 18.2 Å². The highest BCUT2D eigenvalue weighted by Crippen LogP contribution is 2.38. The molecule has 2 fully saturated rings. The Morgan fingerprint density at radius 1 is 1.19 bits per heavy atom. The molecule has 31 heavy (non-hydrogen) atoms. The maximum absolute atomic E-state index is 13.5. The Bertz CT molecular complexity index is 897. The highest BCUT2D eigenvalue weighted by Gasteiger charge is 2.38. The lowest BCUT2D eigenvalue weighted by molar-refractivity contribution is -0.137. The van der Waals surface area contributed by atoms with Gasteiger partial charge in [-0.1, -0.05) is 0 Å². The predicted molar refractivity (Wildman–Crippen MR) is 114 cm³/mol. The van der Waals surface area contributed by atoms with Gasteiger partial charge in [0.1, 0.15) is 11.4 Å². The van der Waals surface area contributed by atoms with Gasteiger partial charge in [-0.3, -0.25) is 0 Å². The summed E-state index contributed by atoms with van der Waals surface area (Å²) < 4.78 is 40.5. The van der Waals surface area contributed by atoms with E-state index in [-0.39, 0.29) is 23.8 Å². The van der Waals surface area contributed by atoms with Crippen molar-refractivity contribution in [3.63, 3.8) is 0 Å². The van der Waals surface area contributed by atoms with Crippen LogP contribution in [-0.2, 0) is 6.18 Å². The quantitative estimate of drug-likeness (QED) is 0.678. The number of β-amino-alcohol motifs (C(OH)–C–C–N with tert-alkyl or cyclic N) is 1. The van der Waals surface area contributed by atoms with Crippen LogP contribution in [0, 0.1) is 0 Å². The predicted octanol–water partition coefficient (Wildman–Crippen LogP) is 3.13. The van der Waals surface area contributed by atoms with E-state index in [2.05, 4.69) is 15.3 Å². The number of hydrogen-bond acceptors (Lipinski definition) is 7. The summed E-state index contributed by atoms with van der Waals surface area (Å²) in [6.07, 6.45) is -1.88. The number of aliphatic hydroxyl groups excluding tert-OH is 1. The lowest BCUT2D eigenvalue weighted by atomic mass is 10.0. The van der Waals surface area contributed by atoms with E-state index in [1.54, 1.807) is 17.0 Å². The van der Waals surface area contributed by atoms with Crippen LogP contribution in [0.15, 0.2) is 30.5 Å². The highest BCUT2D eigenvalue weighted by molar-refractivity contribution is 5.61. The molecule has 4 N–H and O–H groups in total. The molecule has 4 rings (SSSR count). The third-order valence-electron chi connectivity index (χ3n) is 5.85. The van der Waals surface area contributed by atoms with Crippen molar-refractivity contribution in [2.75, 3.05) is 34.8 Å². The number of nitrogens with zero attached hydrogens (tertiary/aromatic N) is 4. The van der Waals surface area contributed by atoms with Crippen molar-refractivity contribution in [2.24, 2.45) is 5.73 Å².